The summed E-state index contributed by atoms with van der Waals surface area (Å²) < 4.78 is 7.56. The molecule has 4 heteroatoms. The van der Waals surface area contributed by atoms with Gasteiger partial charge in [-0.05, 0) is 38.3 Å². The smallest absolute Gasteiger partial charge is 0.268 e. The summed E-state index contributed by atoms with van der Waals surface area (Å²) in [6, 6.07) is 10.3. The van der Waals surface area contributed by atoms with Gasteiger partial charge in [0, 0.05) is 31.5 Å². The molecule has 4 nitrogen and oxygen atoms in total. The van der Waals surface area contributed by atoms with E-state index >= 15 is 0 Å². The lowest BCUT2D eigenvalue weighted by molar-refractivity contribution is 0.0850. The van der Waals surface area contributed by atoms with E-state index in [0.717, 1.165) is 37.1 Å². The molecule has 0 unspecified atom stereocenters. The Hall–Kier alpha value is -2.07. The Morgan fingerprint density at radius 1 is 1.30 bits per heavy atom. The summed E-state index contributed by atoms with van der Waals surface area (Å²) in [7, 11) is 0. The zero-order chi connectivity index (χ0) is 16.2. The lowest BCUT2D eigenvalue weighted by atomic mass is 10.1. The first kappa shape index (κ1) is 15.8. The quantitative estimate of drug-likeness (QED) is 0.919. The number of carbonyl (C=O) groups excluding carboxylic acids is 1. The number of aromatic nitrogens is 1. The molecule has 0 saturated carbocycles. The molecular formula is C19H24N2O2. The minimum atomic E-state index is -0.0271. The Morgan fingerprint density at radius 2 is 2.09 bits per heavy atom. The van der Waals surface area contributed by atoms with Crippen LogP contribution in [-0.4, -0.2) is 29.7 Å². The molecule has 1 saturated heterocycles. The normalized spacial score (nSPS) is 17.4. The van der Waals surface area contributed by atoms with E-state index in [4.69, 9.17) is 4.74 Å². The highest BCUT2D eigenvalue weighted by molar-refractivity contribution is 5.94. The molecule has 0 spiro atoms. The van der Waals surface area contributed by atoms with Crippen LogP contribution in [0, 0.1) is 6.92 Å². The monoisotopic (exact) mass is 312 g/mol. The van der Waals surface area contributed by atoms with E-state index in [-0.39, 0.29) is 12.0 Å². The van der Waals surface area contributed by atoms with Crippen LogP contribution in [0.2, 0.25) is 0 Å². The number of rotatable bonds is 5. The fourth-order valence-electron chi connectivity index (χ4n) is 2.97. The largest absolute Gasteiger partial charge is 0.376 e. The third-order valence-electron chi connectivity index (χ3n) is 4.37. The van der Waals surface area contributed by atoms with Crippen LogP contribution in [0.15, 0.2) is 36.5 Å². The van der Waals surface area contributed by atoms with Crippen LogP contribution in [-0.2, 0) is 11.3 Å². The summed E-state index contributed by atoms with van der Waals surface area (Å²) in [5.74, 6) is -0.0271. The van der Waals surface area contributed by atoms with Crippen LogP contribution < -0.4 is 5.32 Å². The molecule has 2 heterocycles. The molecule has 122 valence electrons. The predicted octanol–water partition coefficient (Wildman–Crippen LogP) is 3.39. The van der Waals surface area contributed by atoms with Crippen molar-refractivity contribution in [2.45, 2.75) is 39.3 Å². The standard InChI is InChI=1S/C19H24N2O2/c1-3-21-13-16(15-8-6-14(2)7-9-15)11-18(21)19(22)20-12-17-5-4-10-23-17/h6-9,11,13,17H,3-5,10,12H2,1-2H3,(H,20,22)/t17-/m0/s1. The van der Waals surface area contributed by atoms with E-state index in [9.17, 15) is 4.79 Å². The topological polar surface area (TPSA) is 43.3 Å². The van der Waals surface area contributed by atoms with E-state index in [1.807, 2.05) is 16.8 Å². The second-order valence-corrected chi connectivity index (χ2v) is 6.11. The molecule has 1 aliphatic heterocycles. The van der Waals surface area contributed by atoms with E-state index in [1.54, 1.807) is 0 Å². The Morgan fingerprint density at radius 3 is 2.74 bits per heavy atom. The van der Waals surface area contributed by atoms with E-state index in [2.05, 4.69) is 43.4 Å². The molecule has 1 N–H and O–H groups in total. The van der Waals surface area contributed by atoms with Crippen LogP contribution >= 0.6 is 0 Å². The highest BCUT2D eigenvalue weighted by atomic mass is 16.5. The van der Waals surface area contributed by atoms with Crippen molar-refractivity contribution in [2.24, 2.45) is 0 Å². The highest BCUT2D eigenvalue weighted by Gasteiger charge is 2.18. The van der Waals surface area contributed by atoms with Crippen molar-refractivity contribution in [3.05, 3.63) is 47.8 Å². The zero-order valence-electron chi connectivity index (χ0n) is 13.8. The van der Waals surface area contributed by atoms with Crippen LogP contribution in [0.5, 0.6) is 0 Å². The number of aryl methyl sites for hydroxylation is 2. The van der Waals surface area contributed by atoms with Gasteiger partial charge in [-0.1, -0.05) is 29.8 Å². The molecule has 1 atom stereocenters. The Labute approximate surface area is 137 Å². The Balaban J connectivity index is 1.75. The third-order valence-corrected chi connectivity index (χ3v) is 4.37. The first-order valence-electron chi connectivity index (χ1n) is 8.34. The third kappa shape index (κ3) is 3.64. The van der Waals surface area contributed by atoms with Crippen LogP contribution in [0.3, 0.4) is 0 Å². The summed E-state index contributed by atoms with van der Waals surface area (Å²) >= 11 is 0. The molecule has 0 aliphatic carbocycles. The summed E-state index contributed by atoms with van der Waals surface area (Å²) in [5, 5.41) is 3.00. The number of carbonyl (C=O) groups is 1. The molecule has 1 aliphatic rings. The van der Waals surface area contributed by atoms with Gasteiger partial charge in [-0.3, -0.25) is 4.79 Å². The molecule has 0 radical (unpaired) electrons. The number of benzene rings is 1. The van der Waals surface area contributed by atoms with Crippen molar-refractivity contribution in [3.63, 3.8) is 0 Å². The minimum Gasteiger partial charge on any atom is -0.376 e. The van der Waals surface area contributed by atoms with Crippen molar-refractivity contribution in [2.75, 3.05) is 13.2 Å². The number of hydrogen-bond acceptors (Lipinski definition) is 2. The fourth-order valence-corrected chi connectivity index (χ4v) is 2.97. The van der Waals surface area contributed by atoms with Gasteiger partial charge in [0.15, 0.2) is 0 Å². The van der Waals surface area contributed by atoms with Gasteiger partial charge in [-0.15, -0.1) is 0 Å². The van der Waals surface area contributed by atoms with E-state index in [0.29, 0.717) is 12.2 Å². The summed E-state index contributed by atoms with van der Waals surface area (Å²) in [4.78, 5) is 12.5. The first-order valence-corrected chi connectivity index (χ1v) is 8.34. The van der Waals surface area contributed by atoms with Gasteiger partial charge in [0.25, 0.3) is 5.91 Å². The lowest BCUT2D eigenvalue weighted by Crippen LogP contribution is -2.32. The average molecular weight is 312 g/mol. The Bertz CT molecular complexity index is 667. The molecule has 1 amide bonds. The van der Waals surface area contributed by atoms with Crippen LogP contribution in [0.1, 0.15) is 35.8 Å². The average Bonchev–Trinajstić information content (AvgIpc) is 3.22. The molecule has 1 fully saturated rings. The summed E-state index contributed by atoms with van der Waals surface area (Å²) in [6.07, 6.45) is 4.33. The molecular weight excluding hydrogens is 288 g/mol. The molecule has 23 heavy (non-hydrogen) atoms. The Kier molecular flexibility index (Phi) is 4.82. The second-order valence-electron chi connectivity index (χ2n) is 6.11. The van der Waals surface area contributed by atoms with E-state index < -0.39 is 0 Å². The molecule has 3 rings (SSSR count). The number of hydrogen-bond donors (Lipinski definition) is 1. The molecule has 1 aromatic heterocycles. The van der Waals surface area contributed by atoms with Gasteiger partial charge in [-0.2, -0.15) is 0 Å². The number of ether oxygens (including phenoxy) is 1. The van der Waals surface area contributed by atoms with Crippen molar-refractivity contribution in [1.29, 1.82) is 0 Å². The van der Waals surface area contributed by atoms with Crippen LogP contribution in [0.25, 0.3) is 11.1 Å². The first-order chi connectivity index (χ1) is 11.2. The predicted molar refractivity (Wildman–Crippen MR) is 91.6 cm³/mol. The van der Waals surface area contributed by atoms with Crippen molar-refractivity contribution < 1.29 is 9.53 Å². The minimum absolute atomic E-state index is 0.0271. The van der Waals surface area contributed by atoms with Gasteiger partial charge in [-0.25, -0.2) is 0 Å². The maximum atomic E-state index is 12.5. The van der Waals surface area contributed by atoms with Gasteiger partial charge in [0.2, 0.25) is 0 Å². The molecule has 2 aromatic rings. The van der Waals surface area contributed by atoms with Gasteiger partial charge in [0.1, 0.15) is 5.69 Å². The van der Waals surface area contributed by atoms with Crippen LogP contribution in [0.4, 0.5) is 0 Å². The van der Waals surface area contributed by atoms with Gasteiger partial charge in [0.05, 0.1) is 6.10 Å². The number of nitrogens with one attached hydrogen (secondary N) is 1. The fraction of sp³-hybridized carbons (Fsp3) is 0.421. The van der Waals surface area contributed by atoms with Gasteiger partial charge < -0.3 is 14.6 Å². The lowest BCUT2D eigenvalue weighted by Gasteiger charge is -2.11. The second kappa shape index (κ2) is 7.01. The summed E-state index contributed by atoms with van der Waals surface area (Å²) in [5.41, 5.74) is 4.16. The summed E-state index contributed by atoms with van der Waals surface area (Å²) in [6.45, 7) is 6.30. The van der Waals surface area contributed by atoms with Crippen molar-refractivity contribution >= 4 is 5.91 Å². The van der Waals surface area contributed by atoms with Gasteiger partial charge >= 0.3 is 0 Å². The number of amides is 1. The SMILES string of the molecule is CCn1cc(-c2ccc(C)cc2)cc1C(=O)NC[C@@H]1CCCO1. The maximum absolute atomic E-state index is 12.5. The highest BCUT2D eigenvalue weighted by Crippen LogP contribution is 2.23. The maximum Gasteiger partial charge on any atom is 0.268 e. The molecule has 0 bridgehead atoms. The van der Waals surface area contributed by atoms with E-state index in [1.165, 1.54) is 5.56 Å². The molecule has 1 aromatic carbocycles. The van der Waals surface area contributed by atoms with Crippen molar-refractivity contribution in [3.8, 4) is 11.1 Å². The zero-order valence-corrected chi connectivity index (χ0v) is 13.8. The van der Waals surface area contributed by atoms with Crippen molar-refractivity contribution in [1.82, 2.24) is 9.88 Å². The number of nitrogens with zero attached hydrogens (tertiary/aromatic N) is 1.